The lowest BCUT2D eigenvalue weighted by Gasteiger charge is -2.23. The zero-order valence-electron chi connectivity index (χ0n) is 10.8. The lowest BCUT2D eigenvalue weighted by Crippen LogP contribution is -2.46. The minimum atomic E-state index is -3.06. The van der Waals surface area contributed by atoms with Crippen LogP contribution in [0.25, 0.3) is 0 Å². The molecule has 6 nitrogen and oxygen atoms in total. The molecule has 1 atom stereocenters. The van der Waals surface area contributed by atoms with Crippen LogP contribution in [0.2, 0.25) is 0 Å². The number of carboxylic acid groups (broad SMARTS) is 1. The van der Waals surface area contributed by atoms with Gasteiger partial charge in [0.05, 0.1) is 6.04 Å². The van der Waals surface area contributed by atoms with Gasteiger partial charge in [0.15, 0.2) is 5.69 Å². The van der Waals surface area contributed by atoms with Gasteiger partial charge in [-0.25, -0.2) is 13.6 Å². The van der Waals surface area contributed by atoms with Crippen molar-refractivity contribution in [3.8, 4) is 0 Å². The van der Waals surface area contributed by atoms with Crippen LogP contribution in [-0.2, 0) is 7.05 Å². The predicted molar refractivity (Wildman–Crippen MR) is 62.3 cm³/mol. The van der Waals surface area contributed by atoms with E-state index in [1.165, 1.54) is 14.0 Å². The van der Waals surface area contributed by atoms with Crippen LogP contribution in [0, 0.1) is 0 Å². The fraction of sp³-hybridized carbons (Fsp3) is 0.545. The molecule has 0 saturated heterocycles. The Kier molecular flexibility index (Phi) is 4.23. The zero-order valence-corrected chi connectivity index (χ0v) is 10.8. The van der Waals surface area contributed by atoms with Gasteiger partial charge < -0.3 is 10.4 Å². The van der Waals surface area contributed by atoms with Crippen LogP contribution in [0.15, 0.2) is 6.07 Å². The molecule has 1 aromatic heterocycles. The number of alkyl halides is 2. The van der Waals surface area contributed by atoms with E-state index in [0.29, 0.717) is 6.92 Å². The molecule has 19 heavy (non-hydrogen) atoms. The number of rotatable bonds is 5. The van der Waals surface area contributed by atoms with Gasteiger partial charge in [0.25, 0.3) is 11.8 Å². The van der Waals surface area contributed by atoms with Gasteiger partial charge in [0, 0.05) is 20.0 Å². The van der Waals surface area contributed by atoms with Crippen LogP contribution in [-0.4, -0.2) is 38.7 Å². The number of nitrogens with one attached hydrogen (secondary N) is 1. The molecule has 0 aliphatic rings. The monoisotopic (exact) mass is 275 g/mol. The van der Waals surface area contributed by atoms with Gasteiger partial charge in [-0.1, -0.05) is 6.92 Å². The zero-order chi connectivity index (χ0) is 14.8. The third-order valence-electron chi connectivity index (χ3n) is 2.66. The number of aryl methyl sites for hydroxylation is 1. The molecule has 0 saturated carbocycles. The number of aromatic carboxylic acids is 1. The number of nitrogens with zero attached hydrogens (tertiary/aromatic N) is 2. The fourth-order valence-electron chi connectivity index (χ4n) is 1.60. The molecule has 0 aliphatic heterocycles. The summed E-state index contributed by atoms with van der Waals surface area (Å²) in [4.78, 5) is 22.5. The SMILES string of the molecule is CCC(NC(=O)c1cc(C(=O)O)nn1C)C(C)(F)F. The van der Waals surface area contributed by atoms with Gasteiger partial charge >= 0.3 is 5.97 Å². The molecule has 1 rings (SSSR count). The maximum atomic E-state index is 13.2. The van der Waals surface area contributed by atoms with Gasteiger partial charge in [-0.15, -0.1) is 0 Å². The average Bonchev–Trinajstić information content (AvgIpc) is 2.66. The van der Waals surface area contributed by atoms with E-state index in [2.05, 4.69) is 10.4 Å². The highest BCUT2D eigenvalue weighted by Gasteiger charge is 2.34. The second-order valence-corrected chi connectivity index (χ2v) is 4.23. The second kappa shape index (κ2) is 5.33. The average molecular weight is 275 g/mol. The predicted octanol–water partition coefficient (Wildman–Crippen LogP) is 1.28. The van der Waals surface area contributed by atoms with Crippen molar-refractivity contribution in [1.82, 2.24) is 15.1 Å². The van der Waals surface area contributed by atoms with Gasteiger partial charge in [0.1, 0.15) is 5.69 Å². The molecule has 0 bridgehead atoms. The van der Waals surface area contributed by atoms with E-state index in [0.717, 1.165) is 10.7 Å². The summed E-state index contributed by atoms with van der Waals surface area (Å²) >= 11 is 0. The molecule has 0 fully saturated rings. The standard InChI is InChI=1S/C11H15F2N3O3/c1-4-8(11(2,12)13)14-9(17)7-5-6(10(18)19)15-16(7)3/h5,8H,4H2,1-3H3,(H,14,17)(H,18,19). The molecule has 0 aliphatic carbocycles. The number of amides is 1. The van der Waals surface area contributed by atoms with E-state index in [1.54, 1.807) is 0 Å². The Balaban J connectivity index is 2.92. The van der Waals surface area contributed by atoms with E-state index in [4.69, 9.17) is 5.11 Å². The summed E-state index contributed by atoms with van der Waals surface area (Å²) in [6.45, 7) is 2.24. The fourth-order valence-corrected chi connectivity index (χ4v) is 1.60. The Bertz CT molecular complexity index is 494. The lowest BCUT2D eigenvalue weighted by molar-refractivity contribution is -0.0180. The highest BCUT2D eigenvalue weighted by molar-refractivity contribution is 5.95. The van der Waals surface area contributed by atoms with Crippen LogP contribution in [0.3, 0.4) is 0 Å². The minimum absolute atomic E-state index is 0.0544. The van der Waals surface area contributed by atoms with Crippen molar-refractivity contribution in [2.45, 2.75) is 32.2 Å². The van der Waals surface area contributed by atoms with Crippen molar-refractivity contribution >= 4 is 11.9 Å². The Morgan fingerprint density at radius 1 is 1.58 bits per heavy atom. The summed E-state index contributed by atoms with van der Waals surface area (Å²) in [6, 6.07) is -0.277. The Labute approximate surface area is 108 Å². The molecule has 106 valence electrons. The quantitative estimate of drug-likeness (QED) is 0.847. The summed E-state index contributed by atoms with van der Waals surface area (Å²) in [5.74, 6) is -5.13. The maximum Gasteiger partial charge on any atom is 0.356 e. The van der Waals surface area contributed by atoms with Gasteiger partial charge in [-0.2, -0.15) is 5.10 Å². The third-order valence-corrected chi connectivity index (χ3v) is 2.66. The highest BCUT2D eigenvalue weighted by atomic mass is 19.3. The van der Waals surface area contributed by atoms with E-state index in [-0.39, 0.29) is 17.8 Å². The van der Waals surface area contributed by atoms with Crippen molar-refractivity contribution in [2.75, 3.05) is 0 Å². The van der Waals surface area contributed by atoms with Crippen molar-refractivity contribution in [1.29, 1.82) is 0 Å². The van der Waals surface area contributed by atoms with Gasteiger partial charge in [0.2, 0.25) is 0 Å². The third kappa shape index (κ3) is 3.49. The molecule has 0 spiro atoms. The highest BCUT2D eigenvalue weighted by Crippen LogP contribution is 2.20. The van der Waals surface area contributed by atoms with E-state index >= 15 is 0 Å². The largest absolute Gasteiger partial charge is 0.476 e. The first kappa shape index (κ1) is 15.1. The van der Waals surface area contributed by atoms with Crippen LogP contribution in [0.1, 0.15) is 41.2 Å². The van der Waals surface area contributed by atoms with Crippen molar-refractivity contribution < 1.29 is 23.5 Å². The summed E-state index contributed by atoms with van der Waals surface area (Å²) in [6.07, 6.45) is 0.0544. The van der Waals surface area contributed by atoms with E-state index in [1.807, 2.05) is 0 Å². The Hall–Kier alpha value is -1.99. The summed E-state index contributed by atoms with van der Waals surface area (Å²) < 4.78 is 27.4. The van der Waals surface area contributed by atoms with E-state index < -0.39 is 23.8 Å². The first-order valence-corrected chi connectivity index (χ1v) is 5.62. The molecule has 2 N–H and O–H groups in total. The summed E-state index contributed by atoms with van der Waals surface area (Å²) in [7, 11) is 1.37. The number of aromatic nitrogens is 2. The summed E-state index contributed by atoms with van der Waals surface area (Å²) in [5.41, 5.74) is -0.399. The normalized spacial score (nSPS) is 13.1. The molecule has 1 amide bonds. The first-order valence-electron chi connectivity index (χ1n) is 5.62. The lowest BCUT2D eigenvalue weighted by atomic mass is 10.1. The van der Waals surface area contributed by atoms with Crippen molar-refractivity contribution in [3.63, 3.8) is 0 Å². The Morgan fingerprint density at radius 3 is 2.53 bits per heavy atom. The van der Waals surface area contributed by atoms with Crippen LogP contribution in [0.5, 0.6) is 0 Å². The second-order valence-electron chi connectivity index (χ2n) is 4.23. The molecular weight excluding hydrogens is 260 g/mol. The molecule has 1 heterocycles. The minimum Gasteiger partial charge on any atom is -0.476 e. The topological polar surface area (TPSA) is 84.2 Å². The molecule has 0 aromatic carbocycles. The van der Waals surface area contributed by atoms with Gasteiger partial charge in [-0.3, -0.25) is 9.48 Å². The number of carbonyl (C=O) groups excluding carboxylic acids is 1. The first-order chi connectivity index (χ1) is 8.66. The van der Waals surface area contributed by atoms with Crippen molar-refractivity contribution in [2.24, 2.45) is 7.05 Å². The maximum absolute atomic E-state index is 13.2. The number of carboxylic acids is 1. The van der Waals surface area contributed by atoms with E-state index in [9.17, 15) is 18.4 Å². The summed E-state index contributed by atoms with van der Waals surface area (Å²) in [5, 5.41) is 14.5. The van der Waals surface area contributed by atoms with Crippen LogP contribution >= 0.6 is 0 Å². The molecule has 1 unspecified atom stereocenters. The molecule has 0 radical (unpaired) electrons. The number of halogens is 2. The number of hydrogen-bond donors (Lipinski definition) is 2. The van der Waals surface area contributed by atoms with Crippen LogP contribution in [0.4, 0.5) is 8.78 Å². The smallest absolute Gasteiger partial charge is 0.356 e. The Morgan fingerprint density at radius 2 is 2.16 bits per heavy atom. The van der Waals surface area contributed by atoms with Crippen LogP contribution < -0.4 is 5.32 Å². The molecule has 1 aromatic rings. The number of carbonyl (C=O) groups is 2. The molecule has 8 heteroatoms. The number of hydrogen-bond acceptors (Lipinski definition) is 3. The van der Waals surface area contributed by atoms with Crippen molar-refractivity contribution in [3.05, 3.63) is 17.5 Å². The van der Waals surface area contributed by atoms with Gasteiger partial charge in [-0.05, 0) is 6.42 Å². The molecular formula is C11H15F2N3O3.